The first-order valence-corrected chi connectivity index (χ1v) is 9.19. The summed E-state index contributed by atoms with van der Waals surface area (Å²) in [4.78, 5) is 26.9. The van der Waals surface area contributed by atoms with Crippen LogP contribution < -0.4 is 11.1 Å². The molecule has 1 saturated carbocycles. The summed E-state index contributed by atoms with van der Waals surface area (Å²) in [5.41, 5.74) is 1.73. The molecule has 0 saturated heterocycles. The van der Waals surface area contributed by atoms with Gasteiger partial charge in [-0.05, 0) is 42.7 Å². The van der Waals surface area contributed by atoms with E-state index in [-0.39, 0.29) is 5.91 Å². The number of aromatic amines is 1. The number of nitrogens with zero attached hydrogens (tertiary/aromatic N) is 1. The van der Waals surface area contributed by atoms with Gasteiger partial charge in [-0.3, -0.25) is 14.3 Å². The lowest BCUT2D eigenvalue weighted by Gasteiger charge is -2.28. The molecule has 0 unspecified atom stereocenters. The summed E-state index contributed by atoms with van der Waals surface area (Å²) >= 11 is 6.01. The van der Waals surface area contributed by atoms with Gasteiger partial charge >= 0.3 is 5.76 Å². The van der Waals surface area contributed by atoms with Crippen molar-refractivity contribution in [3.63, 3.8) is 0 Å². The third-order valence-corrected chi connectivity index (χ3v) is 5.37. The Morgan fingerprint density at radius 1 is 1.15 bits per heavy atom. The zero-order valence-corrected chi connectivity index (χ0v) is 15.3. The second-order valence-corrected chi connectivity index (χ2v) is 7.21. The second-order valence-electron chi connectivity index (χ2n) is 6.77. The average molecular weight is 384 g/mol. The first-order valence-electron chi connectivity index (χ1n) is 8.81. The molecule has 1 aliphatic carbocycles. The van der Waals surface area contributed by atoms with E-state index in [1.165, 1.54) is 0 Å². The number of amides is 1. The number of carbonyl (C=O) groups excluding carboxylic acids is 1. The highest BCUT2D eigenvalue weighted by atomic mass is 35.5. The summed E-state index contributed by atoms with van der Waals surface area (Å²) in [5, 5.41) is 7.37. The molecular weight excluding hydrogens is 366 g/mol. The summed E-state index contributed by atoms with van der Waals surface area (Å²) < 4.78 is 4.55. The number of benzene rings is 2. The summed E-state index contributed by atoms with van der Waals surface area (Å²) in [5.74, 6) is -0.329. The number of rotatable bonds is 4. The fourth-order valence-corrected chi connectivity index (χ4v) is 3.87. The van der Waals surface area contributed by atoms with Gasteiger partial charge in [0.1, 0.15) is 0 Å². The molecule has 138 valence electrons. The summed E-state index contributed by atoms with van der Waals surface area (Å²) in [6, 6.07) is 14.7. The number of hydrogen-bond donors (Lipinski definition) is 2. The van der Waals surface area contributed by atoms with Gasteiger partial charge in [0.25, 0.3) is 0 Å². The minimum Gasteiger partial charge on any atom is -0.325 e. The first-order chi connectivity index (χ1) is 13.1. The lowest BCUT2D eigenvalue weighted by atomic mass is 9.78. The Bertz CT molecular complexity index is 1020. The van der Waals surface area contributed by atoms with Crippen molar-refractivity contribution < 1.29 is 9.32 Å². The second kappa shape index (κ2) is 7.04. The minimum atomic E-state index is -0.618. The van der Waals surface area contributed by atoms with E-state index in [4.69, 9.17) is 11.6 Å². The molecule has 0 aliphatic heterocycles. The van der Waals surface area contributed by atoms with Gasteiger partial charge < -0.3 is 5.32 Å². The van der Waals surface area contributed by atoms with E-state index < -0.39 is 11.2 Å². The molecule has 1 aromatic heterocycles. The number of halogens is 1. The van der Waals surface area contributed by atoms with Crippen LogP contribution in [0.5, 0.6) is 0 Å². The van der Waals surface area contributed by atoms with Gasteiger partial charge in [0.05, 0.1) is 5.41 Å². The van der Waals surface area contributed by atoms with Crippen LogP contribution in [0.1, 0.15) is 31.2 Å². The van der Waals surface area contributed by atoms with E-state index >= 15 is 0 Å². The molecule has 2 aromatic carbocycles. The highest BCUT2D eigenvalue weighted by molar-refractivity contribution is 6.30. The van der Waals surface area contributed by atoms with E-state index in [1.54, 1.807) is 18.2 Å². The predicted molar refractivity (Wildman–Crippen MR) is 103 cm³/mol. The van der Waals surface area contributed by atoms with Crippen LogP contribution in [0, 0.1) is 0 Å². The Kier molecular flexibility index (Phi) is 4.58. The van der Waals surface area contributed by atoms with E-state index in [2.05, 4.69) is 20.0 Å². The van der Waals surface area contributed by atoms with E-state index in [0.29, 0.717) is 22.1 Å². The Morgan fingerprint density at radius 3 is 2.56 bits per heavy atom. The minimum absolute atomic E-state index is 0.0341. The molecule has 7 heteroatoms. The van der Waals surface area contributed by atoms with Crippen molar-refractivity contribution in [2.45, 2.75) is 31.1 Å². The molecule has 1 aliphatic rings. The molecule has 3 aromatic rings. The third kappa shape index (κ3) is 3.40. The molecule has 0 radical (unpaired) electrons. The summed E-state index contributed by atoms with van der Waals surface area (Å²) in [6.07, 6.45) is 3.63. The Hall–Kier alpha value is -2.86. The Morgan fingerprint density at radius 2 is 1.89 bits per heavy atom. The number of H-pyrrole nitrogens is 1. The maximum atomic E-state index is 13.2. The molecule has 0 bridgehead atoms. The van der Waals surface area contributed by atoms with Crippen LogP contribution in [0.2, 0.25) is 5.02 Å². The van der Waals surface area contributed by atoms with Gasteiger partial charge in [0.2, 0.25) is 5.91 Å². The molecule has 4 rings (SSSR count). The van der Waals surface area contributed by atoms with Crippen molar-refractivity contribution >= 4 is 23.2 Å². The van der Waals surface area contributed by atoms with Crippen molar-refractivity contribution in [3.8, 4) is 11.4 Å². The van der Waals surface area contributed by atoms with Crippen LogP contribution in [-0.2, 0) is 10.2 Å². The van der Waals surface area contributed by atoms with Crippen molar-refractivity contribution in [3.05, 3.63) is 69.7 Å². The number of aromatic nitrogens is 2. The largest absolute Gasteiger partial charge is 0.439 e. The molecule has 6 nitrogen and oxygen atoms in total. The Balaban J connectivity index is 1.62. The summed E-state index contributed by atoms with van der Waals surface area (Å²) in [6.45, 7) is 0. The molecule has 0 spiro atoms. The van der Waals surface area contributed by atoms with Gasteiger partial charge in [0.15, 0.2) is 5.82 Å². The van der Waals surface area contributed by atoms with Gasteiger partial charge in [-0.2, -0.15) is 0 Å². The third-order valence-electron chi connectivity index (χ3n) is 5.12. The molecule has 1 amide bonds. The highest BCUT2D eigenvalue weighted by Gasteiger charge is 2.42. The van der Waals surface area contributed by atoms with Gasteiger partial charge in [-0.25, -0.2) is 4.79 Å². The van der Waals surface area contributed by atoms with Gasteiger partial charge in [-0.1, -0.05) is 53.9 Å². The van der Waals surface area contributed by atoms with Crippen molar-refractivity contribution in [1.82, 2.24) is 10.1 Å². The van der Waals surface area contributed by atoms with Crippen LogP contribution in [0.4, 0.5) is 5.69 Å². The maximum Gasteiger partial charge on any atom is 0.439 e. The highest BCUT2D eigenvalue weighted by Crippen LogP contribution is 2.42. The van der Waals surface area contributed by atoms with Gasteiger partial charge in [-0.15, -0.1) is 0 Å². The predicted octanol–water partition coefficient (Wildman–Crippen LogP) is 4.13. The zero-order chi connectivity index (χ0) is 18.9. The van der Waals surface area contributed by atoms with Crippen LogP contribution >= 0.6 is 11.6 Å². The average Bonchev–Trinajstić information content (AvgIpc) is 3.33. The van der Waals surface area contributed by atoms with Crippen molar-refractivity contribution in [1.29, 1.82) is 0 Å². The fraction of sp³-hybridized carbons (Fsp3) is 0.250. The van der Waals surface area contributed by atoms with E-state index in [0.717, 1.165) is 31.2 Å². The lowest BCUT2D eigenvalue weighted by molar-refractivity contribution is -0.121. The Labute approximate surface area is 160 Å². The van der Waals surface area contributed by atoms with Crippen molar-refractivity contribution in [2.75, 3.05) is 5.32 Å². The van der Waals surface area contributed by atoms with E-state index in [9.17, 15) is 9.59 Å². The van der Waals surface area contributed by atoms with Crippen molar-refractivity contribution in [2.24, 2.45) is 0 Å². The smallest absolute Gasteiger partial charge is 0.325 e. The quantitative estimate of drug-likeness (QED) is 0.708. The normalized spacial score (nSPS) is 15.6. The number of anilines is 1. The maximum absolute atomic E-state index is 13.2. The number of hydrogen-bond acceptors (Lipinski definition) is 4. The molecule has 27 heavy (non-hydrogen) atoms. The number of carbonyl (C=O) groups is 1. The monoisotopic (exact) mass is 383 g/mol. The fourth-order valence-electron chi connectivity index (χ4n) is 3.74. The topological polar surface area (TPSA) is 88.0 Å². The SMILES string of the molecule is O=C(Nc1cccc(-c2noc(=O)[nH]2)c1)C1(c2ccc(Cl)cc2)CCCC1. The molecular formula is C20H18ClN3O3. The van der Waals surface area contributed by atoms with Crippen LogP contribution in [-0.4, -0.2) is 16.0 Å². The summed E-state index contributed by atoms with van der Waals surface area (Å²) in [7, 11) is 0. The van der Waals surface area contributed by atoms with Crippen LogP contribution in [0.25, 0.3) is 11.4 Å². The lowest BCUT2D eigenvalue weighted by Crippen LogP contribution is -2.37. The molecule has 1 fully saturated rings. The molecule has 0 atom stereocenters. The van der Waals surface area contributed by atoms with Gasteiger partial charge in [0, 0.05) is 16.3 Å². The van der Waals surface area contributed by atoms with Crippen LogP contribution in [0.15, 0.2) is 57.8 Å². The molecule has 1 heterocycles. The molecule has 2 N–H and O–H groups in total. The first kappa shape index (κ1) is 17.5. The zero-order valence-electron chi connectivity index (χ0n) is 14.5. The number of nitrogens with one attached hydrogen (secondary N) is 2. The van der Waals surface area contributed by atoms with Crippen LogP contribution in [0.3, 0.4) is 0 Å². The van der Waals surface area contributed by atoms with E-state index in [1.807, 2.05) is 30.3 Å². The standard InChI is InChI=1S/C20H18ClN3O3/c21-15-8-6-14(7-9-15)20(10-1-2-11-20)18(25)22-16-5-3-4-13(12-16)17-23-19(26)27-24-17/h3-9,12H,1-2,10-11H2,(H,22,25)(H,23,24,26).